The van der Waals surface area contributed by atoms with Crippen molar-refractivity contribution >= 4 is 9.24 Å². The summed E-state index contributed by atoms with van der Waals surface area (Å²) in [7, 11) is 2.53. The van der Waals surface area contributed by atoms with Crippen molar-refractivity contribution in [2.75, 3.05) is 0 Å². The molecule has 2 aliphatic carbocycles. The predicted molar refractivity (Wildman–Crippen MR) is 124 cm³/mol. The third-order valence-corrected chi connectivity index (χ3v) is 7.89. The fourth-order valence-electron chi connectivity index (χ4n) is 5.16. The number of hydrogen-bond acceptors (Lipinski definition) is 0. The van der Waals surface area contributed by atoms with Crippen LogP contribution in [-0.2, 0) is 0 Å². The highest BCUT2D eigenvalue weighted by molar-refractivity contribution is 7.23. The quantitative estimate of drug-likeness (QED) is 0.321. The molecule has 0 N–H and O–H groups in total. The van der Waals surface area contributed by atoms with Crippen LogP contribution in [0, 0.1) is 35.5 Å². The SMILES string of the molecule is C/C(F)=C(P)\C=C(/C)C(C)CC1CCC(C2CCC(C)CC2)CC1C.CC. The molecule has 0 saturated heterocycles. The van der Waals surface area contributed by atoms with Gasteiger partial charge in [-0.2, -0.15) is 0 Å². The number of allylic oxidation sites excluding steroid dienone is 4. The monoisotopic (exact) mass is 396 g/mol. The molecule has 5 unspecified atom stereocenters. The Balaban J connectivity index is 0.00000176. The van der Waals surface area contributed by atoms with E-state index in [-0.39, 0.29) is 5.83 Å². The summed E-state index contributed by atoms with van der Waals surface area (Å²) in [5, 5.41) is 0.702. The van der Waals surface area contributed by atoms with Gasteiger partial charge in [-0.1, -0.05) is 59.1 Å². The van der Waals surface area contributed by atoms with Gasteiger partial charge in [0.2, 0.25) is 0 Å². The second-order valence-electron chi connectivity index (χ2n) is 9.34. The average molecular weight is 397 g/mol. The van der Waals surface area contributed by atoms with Gasteiger partial charge in [0.05, 0.1) is 0 Å². The smallest absolute Gasteiger partial charge is 0.104 e. The lowest BCUT2D eigenvalue weighted by Gasteiger charge is -2.41. The zero-order chi connectivity index (χ0) is 20.6. The fraction of sp³-hybridized carbons (Fsp3) is 0.840. The highest BCUT2D eigenvalue weighted by Gasteiger charge is 2.34. The first-order valence-corrected chi connectivity index (χ1v) is 12.2. The van der Waals surface area contributed by atoms with Crippen LogP contribution in [-0.4, -0.2) is 0 Å². The minimum absolute atomic E-state index is 0.0905. The Hall–Kier alpha value is -0.160. The van der Waals surface area contributed by atoms with Gasteiger partial charge in [0.25, 0.3) is 0 Å². The molecule has 27 heavy (non-hydrogen) atoms. The van der Waals surface area contributed by atoms with Gasteiger partial charge in [-0.25, -0.2) is 4.39 Å². The van der Waals surface area contributed by atoms with Crippen LogP contribution >= 0.6 is 9.24 Å². The summed E-state index contributed by atoms with van der Waals surface area (Å²) in [6.07, 6.45) is 13.4. The van der Waals surface area contributed by atoms with E-state index in [0.717, 1.165) is 29.6 Å². The van der Waals surface area contributed by atoms with E-state index in [1.807, 2.05) is 19.9 Å². The molecule has 2 heteroatoms. The van der Waals surface area contributed by atoms with Gasteiger partial charge in [0.1, 0.15) is 5.83 Å². The highest BCUT2D eigenvalue weighted by atomic mass is 31.0. The van der Waals surface area contributed by atoms with Gasteiger partial charge in [-0.05, 0) is 87.9 Å². The average Bonchev–Trinajstić information content (AvgIpc) is 2.65. The molecule has 0 aliphatic heterocycles. The van der Waals surface area contributed by atoms with E-state index in [2.05, 4.69) is 36.9 Å². The van der Waals surface area contributed by atoms with Gasteiger partial charge in [0, 0.05) is 5.31 Å². The van der Waals surface area contributed by atoms with Gasteiger partial charge >= 0.3 is 0 Å². The van der Waals surface area contributed by atoms with Gasteiger partial charge in [0.15, 0.2) is 0 Å². The fourth-order valence-corrected chi connectivity index (χ4v) is 5.43. The molecule has 0 amide bonds. The van der Waals surface area contributed by atoms with Crippen LogP contribution in [0.2, 0.25) is 0 Å². The maximum absolute atomic E-state index is 13.3. The van der Waals surface area contributed by atoms with Crippen molar-refractivity contribution in [3.05, 3.63) is 22.8 Å². The van der Waals surface area contributed by atoms with E-state index in [9.17, 15) is 4.39 Å². The molecule has 0 aromatic heterocycles. The summed E-state index contributed by atoms with van der Waals surface area (Å²) in [6.45, 7) is 14.9. The molecular formula is C25H46FP. The lowest BCUT2D eigenvalue weighted by Crippen LogP contribution is -2.30. The van der Waals surface area contributed by atoms with Gasteiger partial charge < -0.3 is 0 Å². The van der Waals surface area contributed by atoms with Crippen molar-refractivity contribution in [3.63, 3.8) is 0 Å². The van der Waals surface area contributed by atoms with Crippen molar-refractivity contribution < 1.29 is 4.39 Å². The molecule has 0 bridgehead atoms. The van der Waals surface area contributed by atoms with Gasteiger partial charge in [-0.3, -0.25) is 0 Å². The van der Waals surface area contributed by atoms with Crippen LogP contribution in [0.4, 0.5) is 4.39 Å². The third-order valence-electron chi connectivity index (χ3n) is 7.33. The molecule has 0 heterocycles. The van der Waals surface area contributed by atoms with Crippen LogP contribution in [0.3, 0.4) is 0 Å². The summed E-state index contributed by atoms with van der Waals surface area (Å²) < 4.78 is 13.3. The summed E-state index contributed by atoms with van der Waals surface area (Å²) >= 11 is 0. The summed E-state index contributed by atoms with van der Waals surface area (Å²) in [4.78, 5) is 0. The van der Waals surface area contributed by atoms with Crippen molar-refractivity contribution in [1.82, 2.24) is 0 Å². The molecule has 2 saturated carbocycles. The normalized spacial score (nSPS) is 34.3. The summed E-state index contributed by atoms with van der Waals surface area (Å²) in [6, 6.07) is 0. The van der Waals surface area contributed by atoms with Crippen LogP contribution in [0.5, 0.6) is 0 Å². The minimum atomic E-state index is -0.0905. The summed E-state index contributed by atoms with van der Waals surface area (Å²) in [5.41, 5.74) is 1.32. The van der Waals surface area contributed by atoms with Crippen LogP contribution in [0.15, 0.2) is 22.8 Å². The van der Waals surface area contributed by atoms with Crippen molar-refractivity contribution in [2.45, 2.75) is 99.8 Å². The van der Waals surface area contributed by atoms with E-state index >= 15 is 0 Å². The Labute approximate surface area is 172 Å². The molecule has 2 fully saturated rings. The Morgan fingerprint density at radius 3 is 2.07 bits per heavy atom. The topological polar surface area (TPSA) is 0 Å². The van der Waals surface area contributed by atoms with E-state index in [4.69, 9.17) is 0 Å². The lowest BCUT2D eigenvalue weighted by atomic mass is 9.65. The molecule has 0 nitrogen and oxygen atoms in total. The molecule has 2 rings (SSSR count). The maximum atomic E-state index is 13.3. The highest BCUT2D eigenvalue weighted by Crippen LogP contribution is 2.45. The maximum Gasteiger partial charge on any atom is 0.104 e. The van der Waals surface area contributed by atoms with E-state index in [1.54, 1.807) is 0 Å². The van der Waals surface area contributed by atoms with Crippen molar-refractivity contribution in [3.8, 4) is 0 Å². The predicted octanol–water partition coefficient (Wildman–Crippen LogP) is 8.94. The Bertz CT molecular complexity index is 481. The first-order valence-electron chi connectivity index (χ1n) is 11.6. The van der Waals surface area contributed by atoms with Crippen LogP contribution in [0.25, 0.3) is 0 Å². The minimum Gasteiger partial charge on any atom is -0.211 e. The molecule has 5 atom stereocenters. The molecule has 158 valence electrons. The van der Waals surface area contributed by atoms with Crippen LogP contribution in [0.1, 0.15) is 99.8 Å². The molecule has 2 aliphatic rings. The van der Waals surface area contributed by atoms with Crippen LogP contribution < -0.4 is 0 Å². The van der Waals surface area contributed by atoms with Gasteiger partial charge in [-0.15, -0.1) is 9.24 Å². The van der Waals surface area contributed by atoms with Crippen molar-refractivity contribution in [2.24, 2.45) is 35.5 Å². The molecule has 0 aromatic carbocycles. The summed E-state index contributed by atoms with van der Waals surface area (Å²) in [5.74, 6) is 5.12. The number of hydrogen-bond donors (Lipinski definition) is 0. The van der Waals surface area contributed by atoms with E-state index in [1.165, 1.54) is 63.9 Å². The first kappa shape index (κ1) is 24.9. The second-order valence-corrected chi connectivity index (χ2v) is 9.97. The first-order chi connectivity index (χ1) is 12.8. The Kier molecular flexibility index (Phi) is 11.4. The number of rotatable bonds is 5. The third kappa shape index (κ3) is 8.00. The lowest BCUT2D eigenvalue weighted by molar-refractivity contribution is 0.104. The molecular weight excluding hydrogens is 350 g/mol. The van der Waals surface area contributed by atoms with E-state index in [0.29, 0.717) is 11.2 Å². The Morgan fingerprint density at radius 2 is 1.56 bits per heavy atom. The van der Waals surface area contributed by atoms with Crippen molar-refractivity contribution in [1.29, 1.82) is 0 Å². The van der Waals surface area contributed by atoms with E-state index < -0.39 is 0 Å². The standard InChI is InChI=1S/C23H40FP.C2H6/c1-15-6-8-20(9-7-15)22-11-10-21(18(4)13-22)12-16(2)17(3)14-23(25)19(5)24;1-2/h14-16,18,20-22H,6-13,25H2,1-5H3;1-2H3/b17-14+,23-19-;. The number of halogens is 1. The second kappa shape index (κ2) is 12.4. The molecule has 0 radical (unpaired) electrons. The largest absolute Gasteiger partial charge is 0.211 e. The zero-order valence-corrected chi connectivity index (χ0v) is 20.3. The Morgan fingerprint density at radius 1 is 1.00 bits per heavy atom. The molecule has 0 aromatic rings. The molecule has 0 spiro atoms. The zero-order valence-electron chi connectivity index (χ0n) is 19.2.